The van der Waals surface area contributed by atoms with Crippen LogP contribution in [0.4, 0.5) is 0 Å². The van der Waals surface area contributed by atoms with E-state index >= 15 is 0 Å². The molecular formula is C32H52O8. The van der Waals surface area contributed by atoms with Gasteiger partial charge < -0.3 is 18.9 Å². The molecule has 0 aromatic carbocycles. The van der Waals surface area contributed by atoms with Crippen molar-refractivity contribution in [2.75, 3.05) is 13.2 Å². The second kappa shape index (κ2) is 14.8. The van der Waals surface area contributed by atoms with Gasteiger partial charge in [-0.3, -0.25) is 9.59 Å². The lowest BCUT2D eigenvalue weighted by molar-refractivity contribution is -0.181. The van der Waals surface area contributed by atoms with Crippen LogP contribution < -0.4 is 0 Å². The number of carbonyl (C=O) groups is 4. The van der Waals surface area contributed by atoms with Crippen LogP contribution >= 0.6 is 0 Å². The van der Waals surface area contributed by atoms with Gasteiger partial charge in [-0.25, -0.2) is 9.59 Å². The number of hydrogen-bond donors (Lipinski definition) is 0. The maximum atomic E-state index is 12.3. The topological polar surface area (TPSA) is 105 Å². The molecular weight excluding hydrogens is 512 g/mol. The molecule has 2 rings (SSSR count). The Labute approximate surface area is 241 Å². The first-order valence-corrected chi connectivity index (χ1v) is 14.8. The molecule has 2 aliphatic heterocycles. The summed E-state index contributed by atoms with van der Waals surface area (Å²) in [4.78, 5) is 48.3. The van der Waals surface area contributed by atoms with Gasteiger partial charge in [0.15, 0.2) is 0 Å². The molecule has 0 N–H and O–H groups in total. The van der Waals surface area contributed by atoms with Crippen LogP contribution in [0.15, 0.2) is 22.3 Å². The van der Waals surface area contributed by atoms with Crippen LogP contribution in [0.1, 0.15) is 109 Å². The van der Waals surface area contributed by atoms with E-state index in [0.717, 1.165) is 22.3 Å². The van der Waals surface area contributed by atoms with Crippen molar-refractivity contribution in [1.82, 2.24) is 0 Å². The largest absolute Gasteiger partial charge is 0.458 e. The van der Waals surface area contributed by atoms with E-state index in [9.17, 15) is 19.2 Å². The smallest absolute Gasteiger partial charge is 0.355 e. The molecule has 0 bridgehead atoms. The summed E-state index contributed by atoms with van der Waals surface area (Å²) in [6.45, 7) is 24.2. The van der Waals surface area contributed by atoms with Gasteiger partial charge in [-0.2, -0.15) is 0 Å². The summed E-state index contributed by atoms with van der Waals surface area (Å²) >= 11 is 0. The fraction of sp³-hybridized carbons (Fsp3) is 0.750. The Morgan fingerprint density at radius 1 is 0.625 bits per heavy atom. The van der Waals surface area contributed by atoms with E-state index in [1.165, 1.54) is 0 Å². The lowest BCUT2D eigenvalue weighted by atomic mass is 9.76. The third kappa shape index (κ3) is 7.35. The minimum absolute atomic E-state index is 0.129. The molecule has 0 aromatic heterocycles. The average molecular weight is 565 g/mol. The fourth-order valence-electron chi connectivity index (χ4n) is 5.58. The van der Waals surface area contributed by atoms with E-state index in [-0.39, 0.29) is 48.5 Å². The molecule has 0 aromatic rings. The molecule has 2 aliphatic rings. The second-order valence-corrected chi connectivity index (χ2v) is 11.7. The highest BCUT2D eigenvalue weighted by molar-refractivity contribution is 5.89. The quantitative estimate of drug-likeness (QED) is 0.168. The molecule has 2 atom stereocenters. The number of carbonyl (C=O) groups excluding carboxylic acids is 4. The van der Waals surface area contributed by atoms with Crippen LogP contribution in [0.5, 0.6) is 0 Å². The Bertz CT molecular complexity index is 920. The zero-order chi connectivity index (χ0) is 31.0. The van der Waals surface area contributed by atoms with Crippen molar-refractivity contribution in [2.45, 2.75) is 120 Å². The summed E-state index contributed by atoms with van der Waals surface area (Å²) in [6.07, 6.45) is 1.30. The van der Waals surface area contributed by atoms with Crippen molar-refractivity contribution in [3.05, 3.63) is 22.3 Å². The third-order valence-electron chi connectivity index (χ3n) is 7.64. The highest BCUT2D eigenvalue weighted by Crippen LogP contribution is 2.42. The van der Waals surface area contributed by atoms with Crippen molar-refractivity contribution < 1.29 is 38.1 Å². The average Bonchev–Trinajstić information content (AvgIpc) is 2.89. The normalized spacial score (nSPS) is 23.3. The molecule has 0 radical (unpaired) electrons. The minimum atomic E-state index is -1.24. The van der Waals surface area contributed by atoms with Crippen molar-refractivity contribution in [3.8, 4) is 0 Å². The van der Waals surface area contributed by atoms with E-state index in [1.807, 2.05) is 41.5 Å². The maximum Gasteiger partial charge on any atom is 0.355 e. The first-order chi connectivity index (χ1) is 18.6. The van der Waals surface area contributed by atoms with Gasteiger partial charge in [0.2, 0.25) is 11.2 Å². The molecule has 0 saturated carbocycles. The van der Waals surface area contributed by atoms with Crippen molar-refractivity contribution in [2.24, 2.45) is 23.7 Å². The van der Waals surface area contributed by atoms with Crippen molar-refractivity contribution in [3.63, 3.8) is 0 Å². The van der Waals surface area contributed by atoms with Crippen LogP contribution in [0.3, 0.4) is 0 Å². The van der Waals surface area contributed by atoms with E-state index in [1.54, 1.807) is 13.8 Å². The Morgan fingerprint density at radius 3 is 1.12 bits per heavy atom. The fourth-order valence-corrected chi connectivity index (χ4v) is 5.58. The number of rotatable bonds is 10. The SMILES string of the molecule is CCC(=O)O[C@]1(CC)C(=O)OCC(C(C)C)=C1C(C)C.CCC(=O)O[C@]1(CC)C(=O)OCC(C(C)C)=C1C(C)C. The zero-order valence-corrected chi connectivity index (χ0v) is 26.8. The van der Waals surface area contributed by atoms with Crippen molar-refractivity contribution in [1.29, 1.82) is 0 Å². The van der Waals surface area contributed by atoms with Gasteiger partial charge in [-0.05, 0) is 58.8 Å². The molecule has 228 valence electrons. The summed E-state index contributed by atoms with van der Waals surface area (Å²) < 4.78 is 21.8. The Balaban J connectivity index is 0.000000400. The van der Waals surface area contributed by atoms with Gasteiger partial charge in [-0.1, -0.05) is 83.1 Å². The minimum Gasteiger partial charge on any atom is -0.458 e. The predicted molar refractivity (Wildman–Crippen MR) is 154 cm³/mol. The van der Waals surface area contributed by atoms with Gasteiger partial charge in [0.1, 0.15) is 13.2 Å². The maximum absolute atomic E-state index is 12.3. The first-order valence-electron chi connectivity index (χ1n) is 14.8. The van der Waals surface area contributed by atoms with Crippen molar-refractivity contribution >= 4 is 23.9 Å². The second-order valence-electron chi connectivity index (χ2n) is 11.7. The highest BCUT2D eigenvalue weighted by Gasteiger charge is 2.52. The number of ether oxygens (including phenoxy) is 4. The summed E-state index contributed by atoms with van der Waals surface area (Å²) in [5.41, 5.74) is 1.52. The first kappa shape index (κ1) is 35.4. The van der Waals surface area contributed by atoms with Crippen LogP contribution in [0, 0.1) is 23.7 Å². The zero-order valence-electron chi connectivity index (χ0n) is 26.8. The number of cyclic esters (lactones) is 2. The van der Waals surface area contributed by atoms with E-state index < -0.39 is 23.1 Å². The van der Waals surface area contributed by atoms with Crippen LogP contribution in [-0.2, 0) is 38.1 Å². The van der Waals surface area contributed by atoms with E-state index in [0.29, 0.717) is 26.1 Å². The van der Waals surface area contributed by atoms with Crippen LogP contribution in [-0.4, -0.2) is 48.3 Å². The summed E-state index contributed by atoms with van der Waals surface area (Å²) in [5.74, 6) is -0.836. The lowest BCUT2D eigenvalue weighted by Crippen LogP contribution is -2.51. The molecule has 8 heteroatoms. The molecule has 40 heavy (non-hydrogen) atoms. The van der Waals surface area contributed by atoms with Gasteiger partial charge in [0.05, 0.1) is 0 Å². The molecule has 0 fully saturated rings. The third-order valence-corrected chi connectivity index (χ3v) is 7.64. The predicted octanol–water partition coefficient (Wildman–Crippen LogP) is 6.51. The highest BCUT2D eigenvalue weighted by atomic mass is 16.6. The molecule has 0 aliphatic carbocycles. The molecule has 0 saturated heterocycles. The monoisotopic (exact) mass is 564 g/mol. The molecule has 8 nitrogen and oxygen atoms in total. The van der Waals surface area contributed by atoms with E-state index in [4.69, 9.17) is 18.9 Å². The Hall–Kier alpha value is -2.64. The molecule has 0 amide bonds. The Kier molecular flexibility index (Phi) is 13.1. The molecule has 2 heterocycles. The summed E-state index contributed by atoms with van der Waals surface area (Å²) in [7, 11) is 0. The lowest BCUT2D eigenvalue weighted by Gasteiger charge is -2.40. The van der Waals surface area contributed by atoms with E-state index in [2.05, 4.69) is 27.7 Å². The Morgan fingerprint density at radius 2 is 0.925 bits per heavy atom. The number of hydrogen-bond acceptors (Lipinski definition) is 8. The van der Waals surface area contributed by atoms with Gasteiger partial charge in [0.25, 0.3) is 0 Å². The number of esters is 4. The van der Waals surface area contributed by atoms with Gasteiger partial charge >= 0.3 is 23.9 Å². The molecule has 0 spiro atoms. The summed E-state index contributed by atoms with van der Waals surface area (Å²) in [5, 5.41) is 0. The van der Waals surface area contributed by atoms with Crippen LogP contribution in [0.25, 0.3) is 0 Å². The van der Waals surface area contributed by atoms with Gasteiger partial charge in [-0.15, -0.1) is 0 Å². The standard InChI is InChI=1S/2C16H26O4/c2*1-7-13(17)20-16(8-2)14(11(5)6)12(10(3)4)9-19-15(16)18/h2*10-11H,7-9H2,1-6H3/t2*16-/m00/s1. The summed E-state index contributed by atoms with van der Waals surface area (Å²) in [6, 6.07) is 0. The van der Waals surface area contributed by atoms with Gasteiger partial charge in [0, 0.05) is 12.8 Å². The molecule has 0 unspecified atom stereocenters. The van der Waals surface area contributed by atoms with Crippen LogP contribution in [0.2, 0.25) is 0 Å².